The van der Waals surface area contributed by atoms with Crippen LogP contribution in [-0.4, -0.2) is 10.8 Å². The zero-order valence-electron chi connectivity index (χ0n) is 10.9. The molecule has 0 aliphatic heterocycles. The zero-order chi connectivity index (χ0) is 13.8. The lowest BCUT2D eigenvalue weighted by atomic mass is 10.1. The van der Waals surface area contributed by atoms with Crippen LogP contribution in [-0.2, 0) is 0 Å². The summed E-state index contributed by atoms with van der Waals surface area (Å²) in [6.07, 6.45) is 5.01. The second-order valence-corrected chi connectivity index (χ2v) is 4.52. The molecule has 2 heteroatoms. The average Bonchev–Trinajstić information content (AvgIpc) is 2.53. The second kappa shape index (κ2) is 5.49. The maximum Gasteiger partial charge on any atom is 0.204 e. The number of pyridine rings is 1. The molecule has 0 saturated carbocycles. The first-order valence-electron chi connectivity index (χ1n) is 6.45. The van der Waals surface area contributed by atoms with Crippen LogP contribution in [0, 0.1) is 0 Å². The van der Waals surface area contributed by atoms with Gasteiger partial charge in [-0.25, -0.2) is 0 Å². The molecule has 0 saturated heterocycles. The Bertz CT molecular complexity index is 776. The molecule has 1 aromatic heterocycles. The molecule has 1 heterocycles. The van der Waals surface area contributed by atoms with Crippen molar-refractivity contribution in [1.29, 1.82) is 0 Å². The summed E-state index contributed by atoms with van der Waals surface area (Å²) < 4.78 is 0. The van der Waals surface area contributed by atoms with Crippen molar-refractivity contribution in [1.82, 2.24) is 4.98 Å². The molecule has 20 heavy (non-hydrogen) atoms. The lowest BCUT2D eigenvalue weighted by molar-refractivity contribution is 0.104. The number of benzene rings is 2. The molecule has 0 unspecified atom stereocenters. The van der Waals surface area contributed by atoms with Gasteiger partial charge >= 0.3 is 0 Å². The van der Waals surface area contributed by atoms with Gasteiger partial charge in [0.2, 0.25) is 5.78 Å². The Hall–Kier alpha value is -2.74. The van der Waals surface area contributed by atoms with E-state index in [2.05, 4.69) is 29.2 Å². The summed E-state index contributed by atoms with van der Waals surface area (Å²) in [4.78, 5) is 16.0. The summed E-state index contributed by atoms with van der Waals surface area (Å²) in [7, 11) is 0. The maximum absolute atomic E-state index is 11.9. The van der Waals surface area contributed by atoms with Gasteiger partial charge in [-0.2, -0.15) is 0 Å². The van der Waals surface area contributed by atoms with Crippen LogP contribution in [0.15, 0.2) is 72.9 Å². The van der Waals surface area contributed by atoms with Crippen molar-refractivity contribution in [2.75, 3.05) is 0 Å². The van der Waals surface area contributed by atoms with Gasteiger partial charge in [0.05, 0.1) is 0 Å². The van der Waals surface area contributed by atoms with Crippen LogP contribution in [0.2, 0.25) is 0 Å². The van der Waals surface area contributed by atoms with E-state index in [1.54, 1.807) is 24.4 Å². The van der Waals surface area contributed by atoms with Crippen molar-refractivity contribution >= 4 is 22.6 Å². The number of ketones is 1. The third-order valence-electron chi connectivity index (χ3n) is 3.12. The highest BCUT2D eigenvalue weighted by Crippen LogP contribution is 2.16. The normalized spacial score (nSPS) is 11.0. The van der Waals surface area contributed by atoms with Crippen molar-refractivity contribution < 1.29 is 4.79 Å². The molecule has 3 aromatic rings. The molecule has 96 valence electrons. The molecule has 2 aromatic carbocycles. The highest BCUT2D eigenvalue weighted by Gasteiger charge is 2.01. The van der Waals surface area contributed by atoms with Crippen molar-refractivity contribution in [2.45, 2.75) is 0 Å². The fourth-order valence-electron chi connectivity index (χ4n) is 2.08. The monoisotopic (exact) mass is 259 g/mol. The number of fused-ring (bicyclic) bond motifs is 1. The van der Waals surface area contributed by atoms with Gasteiger partial charge in [0.1, 0.15) is 5.69 Å². The Labute approximate surface area is 117 Å². The fourth-order valence-corrected chi connectivity index (χ4v) is 2.08. The molecule has 0 spiro atoms. The maximum atomic E-state index is 11.9. The largest absolute Gasteiger partial charge is 0.288 e. The van der Waals surface area contributed by atoms with Gasteiger partial charge in [-0.3, -0.25) is 9.78 Å². The molecule has 3 rings (SSSR count). The third-order valence-corrected chi connectivity index (χ3v) is 3.12. The van der Waals surface area contributed by atoms with Crippen molar-refractivity contribution in [3.8, 4) is 0 Å². The van der Waals surface area contributed by atoms with Gasteiger partial charge in [0.25, 0.3) is 0 Å². The zero-order valence-corrected chi connectivity index (χ0v) is 10.9. The van der Waals surface area contributed by atoms with Gasteiger partial charge in [-0.05, 0) is 40.6 Å². The number of carbonyl (C=O) groups is 1. The highest BCUT2D eigenvalue weighted by molar-refractivity contribution is 6.05. The van der Waals surface area contributed by atoms with Crippen LogP contribution in [0.4, 0.5) is 0 Å². The molecule has 0 bridgehead atoms. The molecule has 0 fully saturated rings. The summed E-state index contributed by atoms with van der Waals surface area (Å²) >= 11 is 0. The highest BCUT2D eigenvalue weighted by atomic mass is 16.1. The number of nitrogens with zero attached hydrogens (tertiary/aromatic N) is 1. The van der Waals surface area contributed by atoms with E-state index in [4.69, 9.17) is 0 Å². The molecule has 0 atom stereocenters. The third kappa shape index (κ3) is 2.64. The number of hydrogen-bond donors (Lipinski definition) is 0. The minimum atomic E-state index is -0.0845. The van der Waals surface area contributed by atoms with Gasteiger partial charge < -0.3 is 0 Å². The SMILES string of the molecule is O=C(C=Cc1ccc2ccccc2c1)c1ccccn1. The summed E-state index contributed by atoms with van der Waals surface area (Å²) in [5.41, 5.74) is 1.47. The quantitative estimate of drug-likeness (QED) is 0.523. The van der Waals surface area contributed by atoms with Crippen LogP contribution in [0.3, 0.4) is 0 Å². The van der Waals surface area contributed by atoms with E-state index in [0.29, 0.717) is 5.69 Å². The van der Waals surface area contributed by atoms with Crippen molar-refractivity contribution in [3.63, 3.8) is 0 Å². The molecule has 2 nitrogen and oxygen atoms in total. The molecule has 0 aliphatic carbocycles. The van der Waals surface area contributed by atoms with Gasteiger partial charge in [0.15, 0.2) is 0 Å². The minimum absolute atomic E-state index is 0.0845. The van der Waals surface area contributed by atoms with Crippen molar-refractivity contribution in [2.24, 2.45) is 0 Å². The molecule has 0 amide bonds. The summed E-state index contributed by atoms with van der Waals surface area (Å²) in [5.74, 6) is -0.0845. The number of allylic oxidation sites excluding steroid dienone is 1. The fraction of sp³-hybridized carbons (Fsp3) is 0. The molecule has 0 N–H and O–H groups in total. The Morgan fingerprint density at radius 1 is 0.900 bits per heavy atom. The van der Waals surface area contributed by atoms with E-state index in [0.717, 1.165) is 5.56 Å². The molecular weight excluding hydrogens is 246 g/mol. The van der Waals surface area contributed by atoms with Crippen molar-refractivity contribution in [3.05, 3.63) is 84.2 Å². The van der Waals surface area contributed by atoms with Gasteiger partial charge in [-0.15, -0.1) is 0 Å². The summed E-state index contributed by atoms with van der Waals surface area (Å²) in [5, 5.41) is 2.36. The van der Waals surface area contributed by atoms with E-state index in [9.17, 15) is 4.79 Å². The average molecular weight is 259 g/mol. The molecule has 0 aliphatic rings. The predicted molar refractivity (Wildman–Crippen MR) is 81.5 cm³/mol. The predicted octanol–water partition coefficient (Wildman–Crippen LogP) is 4.13. The first-order chi connectivity index (χ1) is 9.83. The Balaban J connectivity index is 1.85. The second-order valence-electron chi connectivity index (χ2n) is 4.52. The lowest BCUT2D eigenvalue weighted by Gasteiger charge is -1.99. The van der Waals surface area contributed by atoms with E-state index < -0.39 is 0 Å². The van der Waals surface area contributed by atoms with E-state index >= 15 is 0 Å². The first kappa shape index (κ1) is 12.3. The summed E-state index contributed by atoms with van der Waals surface area (Å²) in [6, 6.07) is 19.6. The number of aromatic nitrogens is 1. The van der Waals surface area contributed by atoms with Crippen LogP contribution in [0.25, 0.3) is 16.8 Å². The standard InChI is InChI=1S/C18H13NO/c20-18(17-7-3-4-12-19-17)11-9-14-8-10-15-5-1-2-6-16(15)13-14/h1-13H. The van der Waals surface area contributed by atoms with E-state index in [-0.39, 0.29) is 5.78 Å². The molecule has 0 radical (unpaired) electrons. The number of rotatable bonds is 3. The van der Waals surface area contributed by atoms with E-state index in [1.807, 2.05) is 30.3 Å². The Morgan fingerprint density at radius 3 is 2.50 bits per heavy atom. The van der Waals surface area contributed by atoms with Gasteiger partial charge in [0, 0.05) is 6.20 Å². The van der Waals surface area contributed by atoms with Crippen LogP contribution >= 0.6 is 0 Å². The Morgan fingerprint density at radius 2 is 1.70 bits per heavy atom. The van der Waals surface area contributed by atoms with Crippen LogP contribution in [0.5, 0.6) is 0 Å². The number of carbonyl (C=O) groups excluding carboxylic acids is 1. The first-order valence-corrected chi connectivity index (χ1v) is 6.45. The van der Waals surface area contributed by atoms with Gasteiger partial charge in [-0.1, -0.05) is 48.5 Å². The Kier molecular flexibility index (Phi) is 3.38. The van der Waals surface area contributed by atoms with Crippen LogP contribution in [0.1, 0.15) is 16.1 Å². The minimum Gasteiger partial charge on any atom is -0.288 e. The molecular formula is C18H13NO. The topological polar surface area (TPSA) is 30.0 Å². The number of hydrogen-bond acceptors (Lipinski definition) is 2. The summed E-state index contributed by atoms with van der Waals surface area (Å²) in [6.45, 7) is 0. The van der Waals surface area contributed by atoms with Crippen LogP contribution < -0.4 is 0 Å². The lowest BCUT2D eigenvalue weighted by Crippen LogP contribution is -1.96. The van der Waals surface area contributed by atoms with E-state index in [1.165, 1.54) is 10.8 Å². The smallest absolute Gasteiger partial charge is 0.204 e.